The van der Waals surface area contributed by atoms with Crippen LogP contribution in [0.1, 0.15) is 22.8 Å². The van der Waals surface area contributed by atoms with E-state index in [1.165, 1.54) is 6.08 Å². The van der Waals surface area contributed by atoms with Gasteiger partial charge in [0.1, 0.15) is 0 Å². The number of halogens is 1. The highest BCUT2D eigenvalue weighted by Crippen LogP contribution is 2.26. The summed E-state index contributed by atoms with van der Waals surface area (Å²) < 4.78 is 5.72. The van der Waals surface area contributed by atoms with Gasteiger partial charge in [0.2, 0.25) is 0 Å². The zero-order valence-corrected chi connectivity index (χ0v) is 14.3. The van der Waals surface area contributed by atoms with E-state index in [0.717, 1.165) is 16.7 Å². The normalized spacial score (nSPS) is 11.0. The average molecular weight is 349 g/mol. The third kappa shape index (κ3) is 4.59. The molecule has 3 rings (SSSR count). The highest BCUT2D eigenvalue weighted by atomic mass is 35.5. The Bertz CT molecular complexity index is 818. The number of hydrogen-bond acceptors (Lipinski definition) is 2. The summed E-state index contributed by atoms with van der Waals surface area (Å²) in [5.41, 5.74) is 2.62. The molecule has 0 aliphatic carbocycles. The van der Waals surface area contributed by atoms with Gasteiger partial charge in [0, 0.05) is 11.1 Å². The standard InChI is InChI=1S/C22H17ClO2/c23-20-14-8-7-9-17(20)15-16-21(24)25-22(18-10-3-1-4-11-18)19-12-5-2-6-13-19/h1-16,22H/b16-15+. The first-order valence-electron chi connectivity index (χ1n) is 7.97. The third-order valence-corrected chi connectivity index (χ3v) is 4.09. The number of carbonyl (C=O) groups is 1. The maximum absolute atomic E-state index is 12.3. The van der Waals surface area contributed by atoms with Crippen molar-refractivity contribution < 1.29 is 9.53 Å². The first kappa shape index (κ1) is 17.0. The second-order valence-electron chi connectivity index (χ2n) is 5.49. The molecule has 0 amide bonds. The zero-order chi connectivity index (χ0) is 17.5. The van der Waals surface area contributed by atoms with E-state index in [4.69, 9.17) is 16.3 Å². The Kier molecular flexibility index (Phi) is 5.65. The summed E-state index contributed by atoms with van der Waals surface area (Å²) in [5.74, 6) is -0.419. The Morgan fingerprint density at radius 2 is 1.32 bits per heavy atom. The number of ether oxygens (including phenoxy) is 1. The lowest BCUT2D eigenvalue weighted by atomic mass is 10.0. The second kappa shape index (κ2) is 8.32. The van der Waals surface area contributed by atoms with E-state index >= 15 is 0 Å². The van der Waals surface area contributed by atoms with Crippen molar-refractivity contribution in [1.82, 2.24) is 0 Å². The van der Waals surface area contributed by atoms with E-state index in [0.29, 0.717) is 5.02 Å². The molecule has 0 saturated heterocycles. The van der Waals surface area contributed by atoms with Gasteiger partial charge >= 0.3 is 5.97 Å². The molecule has 3 aromatic rings. The van der Waals surface area contributed by atoms with Gasteiger partial charge in [0.05, 0.1) is 0 Å². The van der Waals surface area contributed by atoms with Crippen molar-refractivity contribution >= 4 is 23.6 Å². The van der Waals surface area contributed by atoms with E-state index in [1.807, 2.05) is 78.9 Å². The summed E-state index contributed by atoms with van der Waals surface area (Å²) >= 11 is 6.10. The monoisotopic (exact) mass is 348 g/mol. The van der Waals surface area contributed by atoms with Crippen LogP contribution in [-0.4, -0.2) is 5.97 Å². The lowest BCUT2D eigenvalue weighted by Crippen LogP contribution is -2.10. The molecule has 0 spiro atoms. The lowest BCUT2D eigenvalue weighted by molar-refractivity contribution is -0.141. The third-order valence-electron chi connectivity index (χ3n) is 3.74. The number of hydrogen-bond donors (Lipinski definition) is 0. The van der Waals surface area contributed by atoms with Gasteiger partial charge in [-0.05, 0) is 28.8 Å². The first-order valence-corrected chi connectivity index (χ1v) is 8.35. The largest absolute Gasteiger partial charge is 0.449 e. The van der Waals surface area contributed by atoms with Gasteiger partial charge < -0.3 is 4.74 Å². The predicted molar refractivity (Wildman–Crippen MR) is 101 cm³/mol. The Morgan fingerprint density at radius 1 is 0.800 bits per heavy atom. The van der Waals surface area contributed by atoms with Crippen LogP contribution < -0.4 is 0 Å². The molecule has 0 heterocycles. The van der Waals surface area contributed by atoms with E-state index < -0.39 is 12.1 Å². The molecule has 124 valence electrons. The van der Waals surface area contributed by atoms with Crippen molar-refractivity contribution in [3.05, 3.63) is 113 Å². The Labute approximate surface area is 152 Å². The minimum atomic E-state index is -0.453. The number of carbonyl (C=O) groups excluding carboxylic acids is 1. The van der Waals surface area contributed by atoms with Crippen LogP contribution in [0.5, 0.6) is 0 Å². The molecule has 0 aliphatic heterocycles. The Hall–Kier alpha value is -2.84. The van der Waals surface area contributed by atoms with E-state index in [2.05, 4.69) is 0 Å². The molecule has 0 aromatic heterocycles. The molecular formula is C22H17ClO2. The van der Waals surface area contributed by atoms with Crippen LogP contribution >= 0.6 is 11.6 Å². The van der Waals surface area contributed by atoms with Gasteiger partial charge in [-0.3, -0.25) is 0 Å². The molecule has 0 N–H and O–H groups in total. The highest BCUT2D eigenvalue weighted by molar-refractivity contribution is 6.32. The summed E-state index contributed by atoms with van der Waals surface area (Å²) in [4.78, 5) is 12.3. The van der Waals surface area contributed by atoms with E-state index in [1.54, 1.807) is 12.1 Å². The van der Waals surface area contributed by atoms with Crippen LogP contribution in [-0.2, 0) is 9.53 Å². The van der Waals surface area contributed by atoms with Crippen LogP contribution in [0, 0.1) is 0 Å². The number of esters is 1. The number of benzene rings is 3. The highest BCUT2D eigenvalue weighted by Gasteiger charge is 2.17. The minimum absolute atomic E-state index is 0.419. The molecular weight excluding hydrogens is 332 g/mol. The number of rotatable bonds is 5. The quantitative estimate of drug-likeness (QED) is 0.437. The topological polar surface area (TPSA) is 26.3 Å². The fraction of sp³-hybridized carbons (Fsp3) is 0.0455. The Morgan fingerprint density at radius 3 is 1.88 bits per heavy atom. The first-order chi connectivity index (χ1) is 12.2. The molecule has 0 unspecified atom stereocenters. The molecule has 0 fully saturated rings. The van der Waals surface area contributed by atoms with Crippen molar-refractivity contribution in [2.24, 2.45) is 0 Å². The van der Waals surface area contributed by atoms with Crippen molar-refractivity contribution in [3.63, 3.8) is 0 Å². The molecule has 3 heteroatoms. The van der Waals surface area contributed by atoms with Crippen LogP contribution in [0.15, 0.2) is 91.0 Å². The summed E-state index contributed by atoms with van der Waals surface area (Å²) in [6, 6.07) is 26.7. The predicted octanol–water partition coefficient (Wildman–Crippen LogP) is 5.69. The van der Waals surface area contributed by atoms with Crippen molar-refractivity contribution in [3.8, 4) is 0 Å². The van der Waals surface area contributed by atoms with Crippen LogP contribution in [0.4, 0.5) is 0 Å². The van der Waals surface area contributed by atoms with Gasteiger partial charge in [0.25, 0.3) is 0 Å². The maximum atomic E-state index is 12.3. The van der Waals surface area contributed by atoms with Crippen molar-refractivity contribution in [2.75, 3.05) is 0 Å². The van der Waals surface area contributed by atoms with Gasteiger partial charge in [-0.15, -0.1) is 0 Å². The summed E-state index contributed by atoms with van der Waals surface area (Å²) in [5, 5.41) is 0.592. The average Bonchev–Trinajstić information content (AvgIpc) is 2.67. The summed E-state index contributed by atoms with van der Waals surface area (Å²) in [7, 11) is 0. The van der Waals surface area contributed by atoms with Crippen LogP contribution in [0.2, 0.25) is 5.02 Å². The molecule has 0 aliphatic rings. The van der Waals surface area contributed by atoms with Gasteiger partial charge in [-0.2, -0.15) is 0 Å². The maximum Gasteiger partial charge on any atom is 0.331 e. The van der Waals surface area contributed by atoms with Crippen molar-refractivity contribution in [2.45, 2.75) is 6.10 Å². The minimum Gasteiger partial charge on any atom is -0.449 e. The van der Waals surface area contributed by atoms with E-state index in [9.17, 15) is 4.79 Å². The molecule has 25 heavy (non-hydrogen) atoms. The molecule has 0 atom stereocenters. The van der Waals surface area contributed by atoms with Gasteiger partial charge in [0.15, 0.2) is 6.10 Å². The molecule has 2 nitrogen and oxygen atoms in total. The summed E-state index contributed by atoms with van der Waals surface area (Å²) in [6.45, 7) is 0. The second-order valence-corrected chi connectivity index (χ2v) is 5.90. The lowest BCUT2D eigenvalue weighted by Gasteiger charge is -2.18. The summed E-state index contributed by atoms with van der Waals surface area (Å²) in [6.07, 6.45) is 2.61. The molecule has 0 bridgehead atoms. The fourth-order valence-corrected chi connectivity index (χ4v) is 2.71. The Balaban J connectivity index is 1.81. The van der Waals surface area contributed by atoms with E-state index in [-0.39, 0.29) is 0 Å². The van der Waals surface area contributed by atoms with Crippen molar-refractivity contribution in [1.29, 1.82) is 0 Å². The van der Waals surface area contributed by atoms with Crippen LogP contribution in [0.25, 0.3) is 6.08 Å². The SMILES string of the molecule is O=C(/C=C/c1ccccc1Cl)OC(c1ccccc1)c1ccccc1. The molecule has 3 aromatic carbocycles. The fourth-order valence-electron chi connectivity index (χ4n) is 2.51. The molecule has 0 saturated carbocycles. The van der Waals surface area contributed by atoms with Crippen LogP contribution in [0.3, 0.4) is 0 Å². The molecule has 0 radical (unpaired) electrons. The van der Waals surface area contributed by atoms with Gasteiger partial charge in [-0.1, -0.05) is 90.5 Å². The van der Waals surface area contributed by atoms with Gasteiger partial charge in [-0.25, -0.2) is 4.79 Å². The zero-order valence-electron chi connectivity index (χ0n) is 13.5. The smallest absolute Gasteiger partial charge is 0.331 e.